The molecule has 2 heterocycles. The van der Waals surface area contributed by atoms with E-state index in [1.807, 2.05) is 0 Å². The molecule has 0 aliphatic rings. The number of aromatic amines is 1. The van der Waals surface area contributed by atoms with Crippen molar-refractivity contribution < 1.29 is 22.0 Å². The van der Waals surface area contributed by atoms with Gasteiger partial charge in [0, 0.05) is 39.7 Å². The first-order valence-corrected chi connectivity index (χ1v) is 12.8. The van der Waals surface area contributed by atoms with Gasteiger partial charge in [-0.25, -0.2) is 22.2 Å². The van der Waals surface area contributed by atoms with Crippen LogP contribution in [0.1, 0.15) is 34.8 Å². The molecule has 176 valence electrons. The molecule has 2 aromatic heterocycles. The fraction of sp³-hybridized carbons (Fsp3) is 0.200. The van der Waals surface area contributed by atoms with Gasteiger partial charge in [0.05, 0.1) is 11.3 Å². The number of halogens is 3. The maximum atomic E-state index is 15.2. The molecule has 0 aliphatic carbocycles. The minimum absolute atomic E-state index is 0.0140. The number of carbonyl (C=O) groups is 1. The lowest BCUT2D eigenvalue weighted by Crippen LogP contribution is -2.15. The van der Waals surface area contributed by atoms with Crippen molar-refractivity contribution in [1.82, 2.24) is 9.97 Å². The van der Waals surface area contributed by atoms with Gasteiger partial charge in [0.2, 0.25) is 5.78 Å². The van der Waals surface area contributed by atoms with E-state index in [0.717, 1.165) is 11.6 Å². The Hall–Kier alpha value is -3.10. The van der Waals surface area contributed by atoms with Crippen molar-refractivity contribution in [1.29, 1.82) is 0 Å². The Morgan fingerprint density at radius 1 is 1.06 bits per heavy atom. The Morgan fingerprint density at radius 3 is 2.50 bits per heavy atom. The van der Waals surface area contributed by atoms with Crippen LogP contribution < -0.4 is 0 Å². The van der Waals surface area contributed by atoms with Gasteiger partial charge in [-0.3, -0.25) is 4.79 Å². The van der Waals surface area contributed by atoms with Gasteiger partial charge in [0.25, 0.3) is 0 Å². The third-order valence-corrected chi connectivity index (χ3v) is 7.66. The van der Waals surface area contributed by atoms with E-state index in [9.17, 15) is 17.6 Å². The number of nitrogens with zero attached hydrogens (tertiary/aromatic N) is 1. The molecule has 9 heteroatoms. The van der Waals surface area contributed by atoms with E-state index in [4.69, 9.17) is 11.6 Å². The third kappa shape index (κ3) is 4.88. The lowest BCUT2D eigenvalue weighted by Gasteiger charge is -2.10. The van der Waals surface area contributed by atoms with Gasteiger partial charge in [-0.05, 0) is 48.2 Å². The maximum Gasteiger partial charge on any atom is 0.201 e. The molecule has 2 aromatic carbocycles. The van der Waals surface area contributed by atoms with Gasteiger partial charge in [-0.2, -0.15) is 0 Å². The highest BCUT2D eigenvalue weighted by molar-refractivity contribution is 7.91. The normalized spacial score (nSPS) is 11.8. The molecule has 1 N–H and O–H groups in total. The number of hydrogen-bond donors (Lipinski definition) is 1. The smallest absolute Gasteiger partial charge is 0.201 e. The predicted molar refractivity (Wildman–Crippen MR) is 129 cm³/mol. The Morgan fingerprint density at radius 2 is 1.79 bits per heavy atom. The monoisotopic (exact) mass is 502 g/mol. The lowest BCUT2D eigenvalue weighted by molar-refractivity contribution is 0.103. The molecule has 0 bridgehead atoms. The fourth-order valence-corrected chi connectivity index (χ4v) is 5.28. The zero-order valence-electron chi connectivity index (χ0n) is 18.2. The van der Waals surface area contributed by atoms with Crippen LogP contribution >= 0.6 is 11.6 Å². The molecule has 0 unspecified atom stereocenters. The molecule has 0 atom stereocenters. The van der Waals surface area contributed by atoms with E-state index in [-0.39, 0.29) is 29.1 Å². The van der Waals surface area contributed by atoms with Gasteiger partial charge in [0.1, 0.15) is 17.3 Å². The molecule has 0 aliphatic heterocycles. The van der Waals surface area contributed by atoms with Gasteiger partial charge >= 0.3 is 0 Å². The van der Waals surface area contributed by atoms with Crippen molar-refractivity contribution in [2.24, 2.45) is 0 Å². The fourth-order valence-electron chi connectivity index (χ4n) is 3.80. The van der Waals surface area contributed by atoms with Crippen molar-refractivity contribution in [3.05, 3.63) is 88.2 Å². The number of ketones is 1. The average Bonchev–Trinajstić information content (AvgIpc) is 3.22. The van der Waals surface area contributed by atoms with E-state index in [1.54, 1.807) is 43.5 Å². The second kappa shape index (κ2) is 9.64. The number of aromatic nitrogens is 2. The summed E-state index contributed by atoms with van der Waals surface area (Å²) in [6.45, 7) is 1.74. The van der Waals surface area contributed by atoms with Crippen molar-refractivity contribution in [2.75, 3.05) is 11.5 Å². The second-order valence-electron chi connectivity index (χ2n) is 7.96. The van der Waals surface area contributed by atoms with Crippen LogP contribution in [-0.2, 0) is 16.3 Å². The minimum Gasteiger partial charge on any atom is -0.345 e. The van der Waals surface area contributed by atoms with Crippen LogP contribution in [0.3, 0.4) is 0 Å². The van der Waals surface area contributed by atoms with Crippen LogP contribution in [0.4, 0.5) is 8.78 Å². The predicted octanol–water partition coefficient (Wildman–Crippen LogP) is 5.76. The lowest BCUT2D eigenvalue weighted by atomic mass is 9.98. The molecule has 0 radical (unpaired) electrons. The molecule has 34 heavy (non-hydrogen) atoms. The van der Waals surface area contributed by atoms with Crippen molar-refractivity contribution in [2.45, 2.75) is 19.8 Å². The van der Waals surface area contributed by atoms with Crippen molar-refractivity contribution in [3.63, 3.8) is 0 Å². The number of fused-ring (bicyclic) bond motifs is 1. The number of rotatable bonds is 8. The molecule has 4 aromatic rings. The van der Waals surface area contributed by atoms with Gasteiger partial charge in [-0.1, -0.05) is 36.7 Å². The number of carbonyl (C=O) groups excluding carboxylic acids is 1. The van der Waals surface area contributed by atoms with Crippen LogP contribution in [0.5, 0.6) is 0 Å². The molecular weight excluding hydrogens is 482 g/mol. The van der Waals surface area contributed by atoms with Crippen LogP contribution in [0.2, 0.25) is 5.02 Å². The SMILES string of the molecule is CCCS(=O)(=O)CCc1ccc(F)c(C(=O)c2c[nH]c3ncc(-c4ccc(Cl)cc4)cc23)c1F. The van der Waals surface area contributed by atoms with Crippen molar-refractivity contribution in [3.8, 4) is 11.1 Å². The number of nitrogens with one attached hydrogen (secondary N) is 1. The number of aryl methyl sites for hydroxylation is 1. The molecule has 0 amide bonds. The standard InChI is InChI=1S/C25H21ClF2N2O3S/c1-2-10-34(32,33)11-9-16-5-8-21(27)22(23(16)28)24(31)20-14-30-25-19(20)12-17(13-29-25)15-3-6-18(26)7-4-15/h3-8,12-14H,2,9-11H2,1H3,(H,29,30). The minimum atomic E-state index is -3.36. The molecular formula is C25H21ClF2N2O3S. The van der Waals surface area contributed by atoms with E-state index >= 15 is 4.39 Å². The molecule has 0 saturated heterocycles. The number of sulfone groups is 1. The second-order valence-corrected chi connectivity index (χ2v) is 10.7. The summed E-state index contributed by atoms with van der Waals surface area (Å²) in [5.74, 6) is -3.21. The van der Waals surface area contributed by atoms with E-state index in [0.29, 0.717) is 28.0 Å². The summed E-state index contributed by atoms with van der Waals surface area (Å²) in [6, 6.07) is 10.9. The summed E-state index contributed by atoms with van der Waals surface area (Å²) >= 11 is 5.95. The molecule has 0 fully saturated rings. The Balaban J connectivity index is 1.72. The van der Waals surface area contributed by atoms with Crippen LogP contribution in [-0.4, -0.2) is 35.7 Å². The molecule has 4 rings (SSSR count). The highest BCUT2D eigenvalue weighted by Crippen LogP contribution is 2.29. The highest BCUT2D eigenvalue weighted by atomic mass is 35.5. The topological polar surface area (TPSA) is 79.9 Å². The van der Waals surface area contributed by atoms with E-state index < -0.39 is 32.8 Å². The summed E-state index contributed by atoms with van der Waals surface area (Å²) in [4.78, 5) is 20.4. The Bertz CT molecular complexity index is 1480. The summed E-state index contributed by atoms with van der Waals surface area (Å²) in [5, 5.41) is 0.982. The third-order valence-electron chi connectivity index (χ3n) is 5.55. The summed E-state index contributed by atoms with van der Waals surface area (Å²) in [5.41, 5.74) is 1.22. The van der Waals surface area contributed by atoms with Gasteiger partial charge < -0.3 is 4.98 Å². The summed E-state index contributed by atoms with van der Waals surface area (Å²) in [7, 11) is -3.36. The molecule has 0 saturated carbocycles. The number of H-pyrrole nitrogens is 1. The summed E-state index contributed by atoms with van der Waals surface area (Å²) in [6.07, 6.45) is 3.28. The van der Waals surface area contributed by atoms with Crippen LogP contribution in [0, 0.1) is 11.6 Å². The Kier molecular flexibility index (Phi) is 6.81. The molecule has 5 nitrogen and oxygen atoms in total. The van der Waals surface area contributed by atoms with Gasteiger partial charge in [0.15, 0.2) is 9.84 Å². The van der Waals surface area contributed by atoms with E-state index in [1.165, 1.54) is 12.3 Å². The zero-order valence-corrected chi connectivity index (χ0v) is 19.8. The first-order chi connectivity index (χ1) is 16.2. The largest absolute Gasteiger partial charge is 0.345 e. The number of pyridine rings is 1. The Labute approximate surface area is 200 Å². The number of benzene rings is 2. The number of hydrogen-bond acceptors (Lipinski definition) is 4. The quantitative estimate of drug-likeness (QED) is 0.311. The maximum absolute atomic E-state index is 15.2. The average molecular weight is 503 g/mol. The first-order valence-electron chi connectivity index (χ1n) is 10.6. The van der Waals surface area contributed by atoms with Crippen LogP contribution in [0.25, 0.3) is 22.2 Å². The van der Waals surface area contributed by atoms with Crippen molar-refractivity contribution >= 4 is 38.3 Å². The van der Waals surface area contributed by atoms with E-state index in [2.05, 4.69) is 9.97 Å². The highest BCUT2D eigenvalue weighted by Gasteiger charge is 2.25. The van der Waals surface area contributed by atoms with Gasteiger partial charge in [-0.15, -0.1) is 0 Å². The first kappa shape index (κ1) is 24.0. The summed E-state index contributed by atoms with van der Waals surface area (Å²) < 4.78 is 53.9. The zero-order chi connectivity index (χ0) is 24.5. The molecule has 0 spiro atoms. The van der Waals surface area contributed by atoms with Crippen LogP contribution in [0.15, 0.2) is 54.9 Å².